The summed E-state index contributed by atoms with van der Waals surface area (Å²) >= 11 is 7.73. The number of fused-ring (bicyclic) bond motifs is 1. The van der Waals surface area contributed by atoms with Gasteiger partial charge in [0.2, 0.25) is 5.13 Å². The van der Waals surface area contributed by atoms with Crippen molar-refractivity contribution in [1.82, 2.24) is 15.1 Å². The highest BCUT2D eigenvalue weighted by Crippen LogP contribution is 2.33. The zero-order valence-corrected chi connectivity index (χ0v) is 18.7. The minimum Gasteiger partial charge on any atom is -0.343 e. The van der Waals surface area contributed by atoms with Gasteiger partial charge in [-0.25, -0.2) is 4.90 Å². The molecule has 3 aromatic rings. The zero-order chi connectivity index (χ0) is 22.4. The molecule has 1 fully saturated rings. The summed E-state index contributed by atoms with van der Waals surface area (Å²) in [6.45, 7) is 4.29. The monoisotopic (exact) mass is 467 g/mol. The predicted molar refractivity (Wildman–Crippen MR) is 122 cm³/mol. The Morgan fingerprint density at radius 2 is 1.69 bits per heavy atom. The number of hydrogen-bond acceptors (Lipinski definition) is 7. The van der Waals surface area contributed by atoms with E-state index in [9.17, 15) is 14.4 Å². The van der Waals surface area contributed by atoms with Gasteiger partial charge in [0.15, 0.2) is 0 Å². The fourth-order valence-electron chi connectivity index (χ4n) is 3.92. The number of carbonyl (C=O) groups excluding carboxylic acids is 3. The van der Waals surface area contributed by atoms with Gasteiger partial charge in [0.05, 0.1) is 21.8 Å². The molecule has 1 aromatic heterocycles. The molecule has 10 heteroatoms. The van der Waals surface area contributed by atoms with Crippen LogP contribution in [0.5, 0.6) is 0 Å². The van der Waals surface area contributed by atoms with E-state index in [0.29, 0.717) is 42.5 Å². The van der Waals surface area contributed by atoms with Crippen LogP contribution in [-0.2, 0) is 0 Å². The minimum absolute atomic E-state index is 0.169. The second-order valence-electron chi connectivity index (χ2n) is 7.54. The first-order valence-corrected chi connectivity index (χ1v) is 11.2. The Bertz CT molecular complexity index is 1250. The maximum Gasteiger partial charge on any atom is 0.266 e. The molecular weight excluding hydrogens is 450 g/mol. The molecular formula is C22H18ClN5O3S. The van der Waals surface area contributed by atoms with E-state index in [1.807, 2.05) is 6.92 Å². The number of carbonyl (C=O) groups is 3. The maximum atomic E-state index is 13.1. The number of rotatable bonds is 3. The fourth-order valence-corrected chi connectivity index (χ4v) is 4.88. The number of piperazine rings is 1. The fraction of sp³-hybridized carbons (Fsp3) is 0.227. The summed E-state index contributed by atoms with van der Waals surface area (Å²) in [6.07, 6.45) is 0. The van der Waals surface area contributed by atoms with Gasteiger partial charge in [0.1, 0.15) is 5.01 Å². The topological polar surface area (TPSA) is 86.7 Å². The van der Waals surface area contributed by atoms with Crippen molar-refractivity contribution >= 4 is 51.5 Å². The van der Waals surface area contributed by atoms with Crippen LogP contribution >= 0.6 is 22.9 Å². The molecule has 32 heavy (non-hydrogen) atoms. The second kappa shape index (κ2) is 7.99. The molecule has 0 radical (unpaired) electrons. The van der Waals surface area contributed by atoms with Crippen molar-refractivity contribution in [3.8, 4) is 0 Å². The molecule has 162 valence electrons. The molecule has 8 nitrogen and oxygen atoms in total. The molecule has 2 aliphatic rings. The summed E-state index contributed by atoms with van der Waals surface area (Å²) in [7, 11) is 0. The van der Waals surface area contributed by atoms with Crippen molar-refractivity contribution in [3.63, 3.8) is 0 Å². The summed E-state index contributed by atoms with van der Waals surface area (Å²) in [5.74, 6) is -1.10. The van der Waals surface area contributed by atoms with Crippen LogP contribution in [0.3, 0.4) is 0 Å². The van der Waals surface area contributed by atoms with E-state index in [1.54, 1.807) is 41.3 Å². The summed E-state index contributed by atoms with van der Waals surface area (Å²) in [6, 6.07) is 11.3. The van der Waals surface area contributed by atoms with Crippen molar-refractivity contribution in [2.24, 2.45) is 0 Å². The van der Waals surface area contributed by atoms with Gasteiger partial charge in [-0.2, -0.15) is 0 Å². The van der Waals surface area contributed by atoms with E-state index in [1.165, 1.54) is 17.4 Å². The van der Waals surface area contributed by atoms with E-state index in [0.717, 1.165) is 15.0 Å². The van der Waals surface area contributed by atoms with Gasteiger partial charge >= 0.3 is 0 Å². The molecule has 0 aliphatic carbocycles. The number of halogens is 1. The molecule has 2 aromatic carbocycles. The van der Waals surface area contributed by atoms with Crippen LogP contribution in [0.1, 0.15) is 36.1 Å². The van der Waals surface area contributed by atoms with Gasteiger partial charge in [-0.3, -0.25) is 14.4 Å². The van der Waals surface area contributed by atoms with Crippen LogP contribution in [0.2, 0.25) is 5.02 Å². The van der Waals surface area contributed by atoms with E-state index < -0.39 is 11.8 Å². The first-order valence-electron chi connectivity index (χ1n) is 10.1. The number of anilines is 2. The van der Waals surface area contributed by atoms with Crippen molar-refractivity contribution in [2.45, 2.75) is 6.92 Å². The Kier molecular flexibility index (Phi) is 5.15. The maximum absolute atomic E-state index is 13.1. The normalized spacial score (nSPS) is 16.0. The number of para-hydroxylation sites is 1. The van der Waals surface area contributed by atoms with Gasteiger partial charge in [-0.1, -0.05) is 35.1 Å². The van der Waals surface area contributed by atoms with Gasteiger partial charge in [0.25, 0.3) is 17.7 Å². The standard InChI is InChI=1S/C22H18ClN5O3S/c1-13-24-25-22(32-13)27-10-8-26(9-11-27)19(29)14-6-7-15-16(12-14)21(31)28(20(15)30)18-5-3-2-4-17(18)23/h2-7,12H,8-11H2,1H3. The predicted octanol–water partition coefficient (Wildman–Crippen LogP) is 3.26. The summed E-state index contributed by atoms with van der Waals surface area (Å²) in [5.41, 5.74) is 1.19. The van der Waals surface area contributed by atoms with Crippen LogP contribution < -0.4 is 9.80 Å². The number of aromatic nitrogens is 2. The van der Waals surface area contributed by atoms with Crippen molar-refractivity contribution in [2.75, 3.05) is 36.0 Å². The van der Waals surface area contributed by atoms with E-state index in [-0.39, 0.29) is 17.0 Å². The lowest BCUT2D eigenvalue weighted by Crippen LogP contribution is -2.48. The number of amides is 3. The number of nitrogens with zero attached hydrogens (tertiary/aromatic N) is 5. The quantitative estimate of drug-likeness (QED) is 0.549. The molecule has 1 saturated heterocycles. The number of benzene rings is 2. The Morgan fingerprint density at radius 3 is 2.38 bits per heavy atom. The minimum atomic E-state index is -0.482. The van der Waals surface area contributed by atoms with E-state index >= 15 is 0 Å². The zero-order valence-electron chi connectivity index (χ0n) is 17.1. The van der Waals surface area contributed by atoms with Gasteiger partial charge in [-0.05, 0) is 37.3 Å². The highest BCUT2D eigenvalue weighted by Gasteiger charge is 2.38. The van der Waals surface area contributed by atoms with Crippen LogP contribution in [0.15, 0.2) is 42.5 Å². The summed E-state index contributed by atoms with van der Waals surface area (Å²) in [4.78, 5) is 43.9. The molecule has 0 unspecified atom stereocenters. The van der Waals surface area contributed by atoms with Crippen LogP contribution in [-0.4, -0.2) is 59.0 Å². The molecule has 0 spiro atoms. The van der Waals surface area contributed by atoms with E-state index in [2.05, 4.69) is 15.1 Å². The van der Waals surface area contributed by atoms with Crippen LogP contribution in [0.4, 0.5) is 10.8 Å². The highest BCUT2D eigenvalue weighted by atomic mass is 35.5. The molecule has 0 saturated carbocycles. The molecule has 3 heterocycles. The smallest absolute Gasteiger partial charge is 0.266 e. The van der Waals surface area contributed by atoms with Gasteiger partial charge in [-0.15, -0.1) is 10.2 Å². The number of hydrogen-bond donors (Lipinski definition) is 0. The van der Waals surface area contributed by atoms with E-state index in [4.69, 9.17) is 11.6 Å². The first kappa shape index (κ1) is 20.6. The van der Waals surface area contributed by atoms with Gasteiger partial charge in [0, 0.05) is 31.7 Å². The number of imide groups is 1. The molecule has 5 rings (SSSR count). The number of aryl methyl sites for hydroxylation is 1. The Morgan fingerprint density at radius 1 is 0.969 bits per heavy atom. The van der Waals surface area contributed by atoms with Crippen molar-refractivity contribution < 1.29 is 14.4 Å². The van der Waals surface area contributed by atoms with Gasteiger partial charge < -0.3 is 9.80 Å². The van der Waals surface area contributed by atoms with Crippen LogP contribution in [0.25, 0.3) is 0 Å². The summed E-state index contributed by atoms with van der Waals surface area (Å²) < 4.78 is 0. The lowest BCUT2D eigenvalue weighted by Gasteiger charge is -2.34. The average molecular weight is 468 g/mol. The summed E-state index contributed by atoms with van der Waals surface area (Å²) in [5, 5.41) is 10.3. The third-order valence-corrected chi connectivity index (χ3v) is 6.80. The largest absolute Gasteiger partial charge is 0.343 e. The Hall–Kier alpha value is -3.30. The molecule has 0 atom stereocenters. The van der Waals surface area contributed by atoms with Crippen LogP contribution in [0, 0.1) is 6.92 Å². The SMILES string of the molecule is Cc1nnc(N2CCN(C(=O)c3ccc4c(c3)C(=O)N(c3ccccc3Cl)C4=O)CC2)s1. The Balaban J connectivity index is 1.34. The lowest BCUT2D eigenvalue weighted by atomic mass is 10.0. The average Bonchev–Trinajstić information content (AvgIpc) is 3.35. The van der Waals surface area contributed by atoms with Crippen molar-refractivity contribution in [3.05, 3.63) is 69.2 Å². The van der Waals surface area contributed by atoms with Crippen molar-refractivity contribution in [1.29, 1.82) is 0 Å². The third kappa shape index (κ3) is 3.43. The second-order valence-corrected chi connectivity index (χ2v) is 9.11. The molecule has 3 amide bonds. The first-order chi connectivity index (χ1) is 15.4. The molecule has 0 bridgehead atoms. The third-order valence-electron chi connectivity index (χ3n) is 5.58. The molecule has 0 N–H and O–H groups in total. The lowest BCUT2D eigenvalue weighted by molar-refractivity contribution is 0.0746. The Labute approximate surface area is 193 Å². The highest BCUT2D eigenvalue weighted by molar-refractivity contribution is 7.15. The molecule has 2 aliphatic heterocycles.